The number of hydrogen-bond acceptors (Lipinski definition) is 2. The Morgan fingerprint density at radius 2 is 1.71 bits per heavy atom. The Bertz CT molecular complexity index is 855. The minimum atomic E-state index is -3.52. The molecule has 0 N–H and O–H groups in total. The first kappa shape index (κ1) is 17.2. The number of aryl methyl sites for hydroxylation is 3. The van der Waals surface area contributed by atoms with Crippen LogP contribution in [0.4, 0.5) is 0 Å². The summed E-state index contributed by atoms with van der Waals surface area (Å²) in [6, 6.07) is 6.00. The fourth-order valence-electron chi connectivity index (χ4n) is 3.83. The van der Waals surface area contributed by atoms with Crippen molar-refractivity contribution in [2.24, 2.45) is 7.05 Å². The third-order valence-corrected chi connectivity index (χ3v) is 7.58. The summed E-state index contributed by atoms with van der Waals surface area (Å²) < 4.78 is 30.8. The molecule has 4 nitrogen and oxygen atoms in total. The topological polar surface area (TPSA) is 42.3 Å². The first-order chi connectivity index (χ1) is 11.2. The highest BCUT2D eigenvalue weighted by atomic mass is 32.2. The Balaban J connectivity index is 2.13. The van der Waals surface area contributed by atoms with E-state index < -0.39 is 10.0 Å². The van der Waals surface area contributed by atoms with E-state index in [-0.39, 0.29) is 6.04 Å². The highest BCUT2D eigenvalue weighted by molar-refractivity contribution is 7.89. The third kappa shape index (κ3) is 2.60. The van der Waals surface area contributed by atoms with E-state index in [0.717, 1.165) is 40.8 Å². The summed E-state index contributed by atoms with van der Waals surface area (Å²) in [6.45, 7) is 8.40. The lowest BCUT2D eigenvalue weighted by Gasteiger charge is -2.27. The van der Waals surface area contributed by atoms with Gasteiger partial charge >= 0.3 is 0 Å². The molecular weight excluding hydrogens is 320 g/mol. The lowest BCUT2D eigenvalue weighted by Crippen LogP contribution is -2.32. The van der Waals surface area contributed by atoms with Gasteiger partial charge in [0, 0.05) is 25.5 Å². The lowest BCUT2D eigenvalue weighted by molar-refractivity contribution is 0.384. The van der Waals surface area contributed by atoms with Gasteiger partial charge in [0.15, 0.2) is 0 Å². The van der Waals surface area contributed by atoms with Crippen LogP contribution in [0.15, 0.2) is 29.3 Å². The molecule has 0 radical (unpaired) electrons. The van der Waals surface area contributed by atoms with Gasteiger partial charge in [0.2, 0.25) is 10.0 Å². The van der Waals surface area contributed by atoms with Crippen molar-refractivity contribution in [3.05, 3.63) is 52.3 Å². The Labute approximate surface area is 145 Å². The van der Waals surface area contributed by atoms with Gasteiger partial charge in [-0.05, 0) is 74.9 Å². The number of rotatable bonds is 3. The maximum Gasteiger partial charge on any atom is 0.244 e. The molecule has 1 aliphatic heterocycles. The maximum atomic E-state index is 13.5. The van der Waals surface area contributed by atoms with Gasteiger partial charge in [-0.1, -0.05) is 6.07 Å². The summed E-state index contributed by atoms with van der Waals surface area (Å²) in [4.78, 5) is 0.501. The molecule has 130 valence electrons. The van der Waals surface area contributed by atoms with Crippen LogP contribution in [-0.2, 0) is 17.1 Å². The zero-order valence-corrected chi connectivity index (χ0v) is 15.9. The number of hydrogen-bond donors (Lipinski definition) is 0. The van der Waals surface area contributed by atoms with Gasteiger partial charge in [-0.25, -0.2) is 8.42 Å². The van der Waals surface area contributed by atoms with E-state index in [2.05, 4.69) is 6.07 Å². The van der Waals surface area contributed by atoms with Crippen molar-refractivity contribution in [1.29, 1.82) is 0 Å². The van der Waals surface area contributed by atoms with Crippen LogP contribution in [-0.4, -0.2) is 23.8 Å². The molecule has 2 aromatic rings. The van der Waals surface area contributed by atoms with Gasteiger partial charge < -0.3 is 4.57 Å². The second kappa shape index (κ2) is 6.05. The predicted octanol–water partition coefficient (Wildman–Crippen LogP) is 3.78. The van der Waals surface area contributed by atoms with E-state index in [4.69, 9.17) is 0 Å². The minimum Gasteiger partial charge on any atom is -0.353 e. The first-order valence-electron chi connectivity index (χ1n) is 8.45. The zero-order valence-electron chi connectivity index (χ0n) is 15.1. The van der Waals surface area contributed by atoms with Crippen molar-refractivity contribution in [1.82, 2.24) is 8.87 Å². The Morgan fingerprint density at radius 1 is 1.08 bits per heavy atom. The summed E-state index contributed by atoms with van der Waals surface area (Å²) in [6.07, 6.45) is 3.75. The van der Waals surface area contributed by atoms with Gasteiger partial charge in [0.05, 0.1) is 10.9 Å². The number of sulfonamides is 1. The Hall–Kier alpha value is -1.59. The molecule has 3 rings (SSSR count). The van der Waals surface area contributed by atoms with E-state index in [1.165, 1.54) is 0 Å². The van der Waals surface area contributed by atoms with E-state index in [1.54, 1.807) is 4.31 Å². The van der Waals surface area contributed by atoms with E-state index in [0.29, 0.717) is 11.4 Å². The Morgan fingerprint density at radius 3 is 2.25 bits per heavy atom. The van der Waals surface area contributed by atoms with Crippen molar-refractivity contribution < 1.29 is 8.42 Å². The molecule has 1 aliphatic rings. The van der Waals surface area contributed by atoms with Gasteiger partial charge in [0.25, 0.3) is 0 Å². The summed E-state index contributed by atoms with van der Waals surface area (Å²) >= 11 is 0. The predicted molar refractivity (Wildman–Crippen MR) is 96.7 cm³/mol. The third-order valence-electron chi connectivity index (χ3n) is 5.39. The monoisotopic (exact) mass is 346 g/mol. The lowest BCUT2D eigenvalue weighted by atomic mass is 10.0. The summed E-state index contributed by atoms with van der Waals surface area (Å²) in [5.41, 5.74) is 4.87. The zero-order chi connectivity index (χ0) is 17.6. The van der Waals surface area contributed by atoms with Crippen LogP contribution in [0.5, 0.6) is 0 Å². The molecule has 2 heterocycles. The molecule has 5 heteroatoms. The molecular formula is C19H26N2O2S. The maximum absolute atomic E-state index is 13.5. The van der Waals surface area contributed by atoms with Crippen LogP contribution >= 0.6 is 0 Å². The van der Waals surface area contributed by atoms with Crippen LogP contribution in [0, 0.1) is 27.7 Å². The molecule has 0 aliphatic carbocycles. The molecule has 0 unspecified atom stereocenters. The highest BCUT2D eigenvalue weighted by Crippen LogP contribution is 2.39. The quantitative estimate of drug-likeness (QED) is 0.849. The van der Waals surface area contributed by atoms with Crippen LogP contribution in [0.3, 0.4) is 0 Å². The normalized spacial score (nSPS) is 19.1. The molecule has 1 saturated heterocycles. The van der Waals surface area contributed by atoms with E-state index in [9.17, 15) is 8.42 Å². The molecule has 1 atom stereocenters. The average Bonchev–Trinajstić information content (AvgIpc) is 3.13. The smallest absolute Gasteiger partial charge is 0.244 e. The minimum absolute atomic E-state index is 0.0744. The van der Waals surface area contributed by atoms with Gasteiger partial charge in [0.1, 0.15) is 0 Å². The van der Waals surface area contributed by atoms with Crippen molar-refractivity contribution in [2.45, 2.75) is 51.5 Å². The van der Waals surface area contributed by atoms with Crippen LogP contribution in [0.25, 0.3) is 0 Å². The number of nitrogens with zero attached hydrogens (tertiary/aromatic N) is 2. The highest BCUT2D eigenvalue weighted by Gasteiger charge is 2.38. The van der Waals surface area contributed by atoms with Crippen molar-refractivity contribution in [2.75, 3.05) is 6.54 Å². The summed E-state index contributed by atoms with van der Waals surface area (Å²) in [5.74, 6) is 0. The van der Waals surface area contributed by atoms with Gasteiger partial charge in [-0.3, -0.25) is 0 Å². The largest absolute Gasteiger partial charge is 0.353 e. The molecule has 0 saturated carbocycles. The molecule has 1 aromatic carbocycles. The van der Waals surface area contributed by atoms with Crippen LogP contribution in [0.2, 0.25) is 0 Å². The van der Waals surface area contributed by atoms with E-state index in [1.807, 2.05) is 57.6 Å². The SMILES string of the molecule is Cc1cc(C)c(C)c(S(=O)(=O)N2CCC[C@@H]2c2cccn2C)c1C. The average molecular weight is 346 g/mol. The first-order valence-corrected chi connectivity index (χ1v) is 9.89. The van der Waals surface area contributed by atoms with Crippen molar-refractivity contribution >= 4 is 10.0 Å². The van der Waals surface area contributed by atoms with Gasteiger partial charge in [-0.15, -0.1) is 0 Å². The van der Waals surface area contributed by atoms with Crippen molar-refractivity contribution in [3.8, 4) is 0 Å². The fourth-order valence-corrected chi connectivity index (χ4v) is 6.08. The molecule has 0 bridgehead atoms. The van der Waals surface area contributed by atoms with Crippen molar-refractivity contribution in [3.63, 3.8) is 0 Å². The number of aromatic nitrogens is 1. The second-order valence-corrected chi connectivity index (χ2v) is 8.73. The summed E-state index contributed by atoms with van der Waals surface area (Å²) in [7, 11) is -1.54. The fraction of sp³-hybridized carbons (Fsp3) is 0.474. The van der Waals surface area contributed by atoms with Gasteiger partial charge in [-0.2, -0.15) is 4.31 Å². The number of benzene rings is 1. The summed E-state index contributed by atoms with van der Waals surface area (Å²) in [5, 5.41) is 0. The van der Waals surface area contributed by atoms with Crippen LogP contribution in [0.1, 0.15) is 46.8 Å². The van der Waals surface area contributed by atoms with Crippen LogP contribution < -0.4 is 0 Å². The molecule has 24 heavy (non-hydrogen) atoms. The Kier molecular flexibility index (Phi) is 4.34. The van der Waals surface area contributed by atoms with E-state index >= 15 is 0 Å². The molecule has 0 amide bonds. The standard InChI is InChI=1S/C19H26N2O2S/c1-13-12-14(2)16(4)19(15(13)3)24(22,23)21-11-7-9-18(21)17-8-6-10-20(17)5/h6,8,10,12,18H,7,9,11H2,1-5H3/t18-/m1/s1. The molecule has 1 fully saturated rings. The molecule has 1 aromatic heterocycles. The second-order valence-electron chi connectivity index (χ2n) is 6.91. The molecule has 0 spiro atoms.